The van der Waals surface area contributed by atoms with E-state index in [2.05, 4.69) is 19.6 Å². The summed E-state index contributed by atoms with van der Waals surface area (Å²) in [5.41, 5.74) is 2.74. The van der Waals surface area contributed by atoms with Gasteiger partial charge in [0, 0.05) is 50.4 Å². The number of carbonyl (C=O) groups is 1. The lowest BCUT2D eigenvalue weighted by Crippen LogP contribution is -2.31. The molecule has 0 amide bonds. The minimum absolute atomic E-state index is 0.0722. The predicted octanol–water partition coefficient (Wildman–Crippen LogP) is 1.95. The number of thiazole rings is 1. The van der Waals surface area contributed by atoms with Crippen LogP contribution >= 0.6 is 11.3 Å². The monoisotopic (exact) mass is 377 g/mol. The lowest BCUT2D eigenvalue weighted by Gasteiger charge is -2.22. The van der Waals surface area contributed by atoms with Gasteiger partial charge in [-0.1, -0.05) is 0 Å². The van der Waals surface area contributed by atoms with Crippen LogP contribution in [0.25, 0.3) is 0 Å². The number of pyridine rings is 1. The molecule has 0 spiro atoms. The van der Waals surface area contributed by atoms with Crippen molar-refractivity contribution in [2.75, 3.05) is 38.2 Å². The molecule has 0 saturated carbocycles. The first-order valence-electron chi connectivity index (χ1n) is 8.15. The predicted molar refractivity (Wildman–Crippen MR) is 96.5 cm³/mol. The maximum atomic E-state index is 11.6. The first kappa shape index (κ1) is 18.2. The van der Waals surface area contributed by atoms with E-state index in [9.17, 15) is 14.9 Å². The van der Waals surface area contributed by atoms with Gasteiger partial charge in [-0.3, -0.25) is 15.0 Å². The topological polar surface area (TPSA) is 102 Å². The molecule has 2 aromatic heterocycles. The van der Waals surface area contributed by atoms with E-state index < -0.39 is 10.9 Å². The van der Waals surface area contributed by atoms with Gasteiger partial charge >= 0.3 is 11.7 Å². The molecular weight excluding hydrogens is 358 g/mol. The second-order valence-electron chi connectivity index (χ2n) is 5.91. The second-order valence-corrected chi connectivity index (χ2v) is 6.63. The largest absolute Gasteiger partial charge is 0.465 e. The van der Waals surface area contributed by atoms with E-state index in [-0.39, 0.29) is 17.1 Å². The molecule has 9 nitrogen and oxygen atoms in total. The van der Waals surface area contributed by atoms with Gasteiger partial charge in [0.25, 0.3) is 0 Å². The molecule has 2 aromatic rings. The minimum atomic E-state index is -0.641. The molecule has 0 N–H and O–H groups in total. The lowest BCUT2D eigenvalue weighted by atomic mass is 10.2. The van der Waals surface area contributed by atoms with Gasteiger partial charge in [-0.15, -0.1) is 11.3 Å². The maximum absolute atomic E-state index is 11.6. The van der Waals surface area contributed by atoms with Gasteiger partial charge in [-0.05, 0) is 6.42 Å². The van der Waals surface area contributed by atoms with Gasteiger partial charge in [0.05, 0.1) is 28.8 Å². The van der Waals surface area contributed by atoms with Crippen molar-refractivity contribution in [2.45, 2.75) is 13.0 Å². The highest BCUT2D eigenvalue weighted by Crippen LogP contribution is 2.28. The van der Waals surface area contributed by atoms with Crippen LogP contribution in [0.15, 0.2) is 23.2 Å². The van der Waals surface area contributed by atoms with Gasteiger partial charge in [0.15, 0.2) is 0 Å². The fourth-order valence-electron chi connectivity index (χ4n) is 2.94. The Kier molecular flexibility index (Phi) is 5.74. The average molecular weight is 377 g/mol. The van der Waals surface area contributed by atoms with Gasteiger partial charge < -0.3 is 9.64 Å². The zero-order valence-electron chi connectivity index (χ0n) is 14.3. The van der Waals surface area contributed by atoms with Crippen LogP contribution in [0.1, 0.15) is 22.5 Å². The number of hydrogen-bond acceptors (Lipinski definition) is 9. The number of rotatable bonds is 5. The fourth-order valence-corrected chi connectivity index (χ4v) is 3.49. The maximum Gasteiger partial charge on any atom is 0.339 e. The van der Waals surface area contributed by atoms with Gasteiger partial charge in [-0.2, -0.15) is 0 Å². The summed E-state index contributed by atoms with van der Waals surface area (Å²) in [5, 5.41) is 13.5. The highest BCUT2D eigenvalue weighted by Gasteiger charge is 2.25. The summed E-state index contributed by atoms with van der Waals surface area (Å²) < 4.78 is 4.61. The molecule has 1 aliphatic heterocycles. The van der Waals surface area contributed by atoms with Crippen molar-refractivity contribution in [1.82, 2.24) is 14.9 Å². The van der Waals surface area contributed by atoms with Crippen LogP contribution in [-0.4, -0.2) is 59.0 Å². The van der Waals surface area contributed by atoms with E-state index >= 15 is 0 Å². The SMILES string of the molecule is COC(=O)c1cnc(N2CCCN(Cc3cscn3)CC2)c([N+](=O)[O-])c1. The summed E-state index contributed by atoms with van der Waals surface area (Å²) in [6.45, 7) is 3.71. The van der Waals surface area contributed by atoms with Crippen LogP contribution in [0.2, 0.25) is 0 Å². The summed E-state index contributed by atoms with van der Waals surface area (Å²) in [6.07, 6.45) is 2.19. The number of nitro groups is 1. The van der Waals surface area contributed by atoms with E-state index in [0.29, 0.717) is 13.1 Å². The fraction of sp³-hybridized carbons (Fsp3) is 0.438. The summed E-state index contributed by atoms with van der Waals surface area (Å²) >= 11 is 1.57. The molecular formula is C16H19N5O4S. The molecule has 0 atom stereocenters. The molecule has 1 aliphatic rings. The van der Waals surface area contributed by atoms with E-state index in [4.69, 9.17) is 0 Å². The van der Waals surface area contributed by atoms with Crippen LogP contribution in [-0.2, 0) is 11.3 Å². The zero-order chi connectivity index (χ0) is 18.5. The summed E-state index contributed by atoms with van der Waals surface area (Å²) in [7, 11) is 1.23. The number of esters is 1. The molecule has 0 radical (unpaired) electrons. The number of nitrogens with zero attached hydrogens (tertiary/aromatic N) is 5. The first-order valence-corrected chi connectivity index (χ1v) is 9.10. The van der Waals surface area contributed by atoms with Gasteiger partial charge in [-0.25, -0.2) is 14.8 Å². The Balaban J connectivity index is 1.76. The van der Waals surface area contributed by atoms with E-state index in [1.807, 2.05) is 15.8 Å². The number of ether oxygens (including phenoxy) is 1. The smallest absolute Gasteiger partial charge is 0.339 e. The quantitative estimate of drug-likeness (QED) is 0.443. The second kappa shape index (κ2) is 8.19. The number of aromatic nitrogens is 2. The Morgan fingerprint density at radius 2 is 2.19 bits per heavy atom. The lowest BCUT2D eigenvalue weighted by molar-refractivity contribution is -0.384. The van der Waals surface area contributed by atoms with Crippen molar-refractivity contribution < 1.29 is 14.5 Å². The van der Waals surface area contributed by atoms with Gasteiger partial charge in [0.2, 0.25) is 5.82 Å². The molecule has 138 valence electrons. The summed E-state index contributed by atoms with van der Waals surface area (Å²) in [6, 6.07) is 1.23. The molecule has 1 fully saturated rings. The zero-order valence-corrected chi connectivity index (χ0v) is 15.1. The Bertz CT molecular complexity index is 783. The molecule has 3 heterocycles. The van der Waals surface area contributed by atoms with Gasteiger partial charge in [0.1, 0.15) is 0 Å². The van der Waals surface area contributed by atoms with Crippen LogP contribution in [0.5, 0.6) is 0 Å². The van der Waals surface area contributed by atoms with Crippen LogP contribution in [0.4, 0.5) is 11.5 Å². The third-order valence-electron chi connectivity index (χ3n) is 4.22. The van der Waals surface area contributed by atoms with Crippen molar-refractivity contribution in [3.63, 3.8) is 0 Å². The summed E-state index contributed by atoms with van der Waals surface area (Å²) in [5.74, 6) is -0.351. The third-order valence-corrected chi connectivity index (χ3v) is 4.86. The number of anilines is 1. The molecule has 3 rings (SSSR count). The molecule has 1 saturated heterocycles. The van der Waals surface area contributed by atoms with Crippen LogP contribution in [0, 0.1) is 10.1 Å². The number of methoxy groups -OCH3 is 1. The minimum Gasteiger partial charge on any atom is -0.465 e. The highest BCUT2D eigenvalue weighted by atomic mass is 32.1. The molecule has 0 bridgehead atoms. The summed E-state index contributed by atoms with van der Waals surface area (Å²) in [4.78, 5) is 35.2. The molecule has 0 aliphatic carbocycles. The van der Waals surface area contributed by atoms with E-state index in [1.165, 1.54) is 19.4 Å². The first-order chi connectivity index (χ1) is 12.6. The normalized spacial score (nSPS) is 15.5. The third kappa shape index (κ3) is 4.14. The molecule has 10 heteroatoms. The van der Waals surface area contributed by atoms with Crippen molar-refractivity contribution >= 4 is 28.8 Å². The standard InChI is InChI=1S/C16H19N5O4S/c1-25-16(22)12-7-14(21(23)24)15(17-8-12)20-4-2-3-19(5-6-20)9-13-10-26-11-18-13/h7-8,10-11H,2-6,9H2,1H3. The Morgan fingerprint density at radius 1 is 1.35 bits per heavy atom. The van der Waals surface area contributed by atoms with E-state index in [0.717, 1.165) is 31.7 Å². The molecule has 26 heavy (non-hydrogen) atoms. The van der Waals surface area contributed by atoms with Crippen LogP contribution in [0.3, 0.4) is 0 Å². The van der Waals surface area contributed by atoms with Crippen molar-refractivity contribution in [2.24, 2.45) is 0 Å². The Labute approximate surface area is 154 Å². The Morgan fingerprint density at radius 3 is 2.88 bits per heavy atom. The van der Waals surface area contributed by atoms with Crippen molar-refractivity contribution in [3.05, 3.63) is 44.5 Å². The highest BCUT2D eigenvalue weighted by molar-refractivity contribution is 7.07. The number of hydrogen-bond donors (Lipinski definition) is 0. The number of carbonyl (C=O) groups excluding carboxylic acids is 1. The van der Waals surface area contributed by atoms with E-state index in [1.54, 1.807) is 11.3 Å². The van der Waals surface area contributed by atoms with Crippen molar-refractivity contribution in [3.8, 4) is 0 Å². The van der Waals surface area contributed by atoms with Crippen molar-refractivity contribution in [1.29, 1.82) is 0 Å². The molecule has 0 unspecified atom stereocenters. The Hall–Kier alpha value is -2.59. The molecule has 0 aromatic carbocycles. The average Bonchev–Trinajstić information content (AvgIpc) is 3.05. The van der Waals surface area contributed by atoms with Crippen LogP contribution < -0.4 is 4.90 Å².